The van der Waals surface area contributed by atoms with Crippen molar-refractivity contribution in [2.75, 3.05) is 12.3 Å². The zero-order valence-corrected chi connectivity index (χ0v) is 9.90. The summed E-state index contributed by atoms with van der Waals surface area (Å²) in [6.07, 6.45) is 1.65. The molecule has 15 heavy (non-hydrogen) atoms. The summed E-state index contributed by atoms with van der Waals surface area (Å²) in [6.45, 7) is 2.26. The van der Waals surface area contributed by atoms with Gasteiger partial charge in [0.15, 0.2) is 17.4 Å². The van der Waals surface area contributed by atoms with Gasteiger partial charge in [-0.05, 0) is 22.4 Å². The van der Waals surface area contributed by atoms with Gasteiger partial charge in [-0.25, -0.2) is 8.78 Å². The Bertz CT molecular complexity index is 358. The fourth-order valence-electron chi connectivity index (χ4n) is 1.05. The van der Waals surface area contributed by atoms with Crippen molar-refractivity contribution in [2.24, 2.45) is 0 Å². The maximum atomic E-state index is 13.5. The van der Waals surface area contributed by atoms with Crippen LogP contribution in [0.15, 0.2) is 10.5 Å². The number of benzene rings is 1. The Morgan fingerprint density at radius 3 is 2.73 bits per heavy atom. The highest BCUT2D eigenvalue weighted by atomic mass is 79.9. The SMILES string of the molecule is CCCCOc1c(F)cc(N)c(Br)c1F. The number of hydrogen-bond acceptors (Lipinski definition) is 2. The number of ether oxygens (including phenoxy) is 1. The summed E-state index contributed by atoms with van der Waals surface area (Å²) in [6, 6.07) is 1.04. The summed E-state index contributed by atoms with van der Waals surface area (Å²) in [4.78, 5) is 0. The van der Waals surface area contributed by atoms with E-state index >= 15 is 0 Å². The molecule has 5 heteroatoms. The molecule has 2 nitrogen and oxygen atoms in total. The highest BCUT2D eigenvalue weighted by Crippen LogP contribution is 2.33. The van der Waals surface area contributed by atoms with Crippen LogP contribution < -0.4 is 10.5 Å². The Kier molecular flexibility index (Phi) is 4.32. The standard InChI is InChI=1S/C10H12BrF2NO/c1-2-3-4-15-10-6(12)5-7(14)8(11)9(10)13/h5H,2-4,14H2,1H3. The monoisotopic (exact) mass is 279 g/mol. The van der Waals surface area contributed by atoms with Crippen LogP contribution in [0, 0.1) is 11.6 Å². The van der Waals surface area contributed by atoms with Crippen LogP contribution in [0.4, 0.5) is 14.5 Å². The molecule has 0 heterocycles. The summed E-state index contributed by atoms with van der Waals surface area (Å²) in [5.41, 5.74) is 5.38. The van der Waals surface area contributed by atoms with E-state index in [1.54, 1.807) is 0 Å². The summed E-state index contributed by atoms with van der Waals surface area (Å²) in [5.74, 6) is -1.93. The molecule has 0 saturated heterocycles. The minimum atomic E-state index is -0.788. The highest BCUT2D eigenvalue weighted by Gasteiger charge is 2.16. The van der Waals surface area contributed by atoms with Crippen LogP contribution >= 0.6 is 15.9 Å². The lowest BCUT2D eigenvalue weighted by atomic mass is 10.3. The average Bonchev–Trinajstić information content (AvgIpc) is 2.20. The molecule has 0 aliphatic heterocycles. The van der Waals surface area contributed by atoms with Crippen LogP contribution in [-0.2, 0) is 0 Å². The third kappa shape index (κ3) is 2.81. The Balaban J connectivity index is 2.92. The van der Waals surface area contributed by atoms with Crippen LogP contribution in [-0.4, -0.2) is 6.61 Å². The Hall–Kier alpha value is -0.840. The molecule has 0 fully saturated rings. The van der Waals surface area contributed by atoms with Gasteiger partial charge in [-0.3, -0.25) is 0 Å². The molecule has 84 valence electrons. The summed E-state index contributed by atoms with van der Waals surface area (Å²) < 4.78 is 31.8. The molecule has 0 aliphatic carbocycles. The third-order valence-corrected chi connectivity index (χ3v) is 2.69. The minimum Gasteiger partial charge on any atom is -0.488 e. The summed E-state index contributed by atoms with van der Waals surface area (Å²) >= 11 is 2.93. The quantitative estimate of drug-likeness (QED) is 0.520. The molecule has 0 radical (unpaired) electrons. The lowest BCUT2D eigenvalue weighted by Gasteiger charge is -2.10. The first-order valence-electron chi connectivity index (χ1n) is 4.63. The second kappa shape index (κ2) is 5.30. The van der Waals surface area contributed by atoms with Gasteiger partial charge in [-0.15, -0.1) is 0 Å². The first-order valence-corrected chi connectivity index (χ1v) is 5.43. The first kappa shape index (κ1) is 12.2. The molecule has 0 unspecified atom stereocenters. The van der Waals surface area contributed by atoms with Crippen LogP contribution in [0.5, 0.6) is 5.75 Å². The second-order valence-electron chi connectivity index (χ2n) is 3.11. The van der Waals surface area contributed by atoms with Crippen molar-refractivity contribution in [3.63, 3.8) is 0 Å². The van der Waals surface area contributed by atoms with Gasteiger partial charge < -0.3 is 10.5 Å². The van der Waals surface area contributed by atoms with Crippen molar-refractivity contribution in [2.45, 2.75) is 19.8 Å². The van der Waals surface area contributed by atoms with Gasteiger partial charge in [0, 0.05) is 6.07 Å². The number of unbranched alkanes of at least 4 members (excludes halogenated alkanes) is 1. The highest BCUT2D eigenvalue weighted by molar-refractivity contribution is 9.10. The molecule has 0 aromatic heterocycles. The number of nitrogens with two attached hydrogens (primary N) is 1. The molecule has 0 atom stereocenters. The fraction of sp³-hybridized carbons (Fsp3) is 0.400. The Morgan fingerprint density at radius 1 is 1.47 bits per heavy atom. The van der Waals surface area contributed by atoms with Crippen molar-refractivity contribution in [1.29, 1.82) is 0 Å². The zero-order valence-electron chi connectivity index (χ0n) is 8.32. The van der Waals surface area contributed by atoms with E-state index in [1.165, 1.54) is 0 Å². The van der Waals surface area contributed by atoms with Crippen LogP contribution in [0.25, 0.3) is 0 Å². The fourth-order valence-corrected chi connectivity index (χ4v) is 1.34. The topological polar surface area (TPSA) is 35.2 Å². The zero-order chi connectivity index (χ0) is 11.4. The molecule has 0 bridgehead atoms. The van der Waals surface area contributed by atoms with E-state index in [0.29, 0.717) is 6.61 Å². The van der Waals surface area contributed by atoms with Crippen LogP contribution in [0.1, 0.15) is 19.8 Å². The van der Waals surface area contributed by atoms with Crippen LogP contribution in [0.3, 0.4) is 0 Å². The van der Waals surface area contributed by atoms with E-state index in [2.05, 4.69) is 15.9 Å². The number of anilines is 1. The van der Waals surface area contributed by atoms with E-state index in [-0.39, 0.29) is 15.9 Å². The van der Waals surface area contributed by atoms with Gasteiger partial charge in [0.1, 0.15) is 0 Å². The predicted molar refractivity (Wildman–Crippen MR) is 58.9 cm³/mol. The predicted octanol–water partition coefficient (Wildman–Crippen LogP) is 3.49. The summed E-state index contributed by atoms with van der Waals surface area (Å²) in [7, 11) is 0. The average molecular weight is 280 g/mol. The molecular formula is C10H12BrF2NO. The summed E-state index contributed by atoms with van der Waals surface area (Å²) in [5, 5.41) is 0. The van der Waals surface area contributed by atoms with Gasteiger partial charge >= 0.3 is 0 Å². The first-order chi connectivity index (χ1) is 7.07. The van der Waals surface area contributed by atoms with Crippen molar-refractivity contribution >= 4 is 21.6 Å². The number of nitrogen functional groups attached to an aromatic ring is 1. The molecule has 2 N–H and O–H groups in total. The molecule has 0 amide bonds. The number of hydrogen-bond donors (Lipinski definition) is 1. The van der Waals surface area contributed by atoms with E-state index in [1.807, 2.05) is 6.92 Å². The lowest BCUT2D eigenvalue weighted by molar-refractivity contribution is 0.278. The molecule has 1 aromatic carbocycles. The van der Waals surface area contributed by atoms with Gasteiger partial charge in [-0.2, -0.15) is 0 Å². The smallest absolute Gasteiger partial charge is 0.192 e. The van der Waals surface area contributed by atoms with Crippen molar-refractivity contribution in [3.8, 4) is 5.75 Å². The molecular weight excluding hydrogens is 268 g/mol. The largest absolute Gasteiger partial charge is 0.488 e. The minimum absolute atomic E-state index is 0.0211. The van der Waals surface area contributed by atoms with E-state index in [9.17, 15) is 8.78 Å². The molecule has 1 aromatic rings. The van der Waals surface area contributed by atoms with Crippen molar-refractivity contribution in [1.82, 2.24) is 0 Å². The van der Waals surface area contributed by atoms with E-state index in [4.69, 9.17) is 10.5 Å². The number of halogens is 3. The Labute approximate surface area is 95.5 Å². The van der Waals surface area contributed by atoms with E-state index < -0.39 is 11.6 Å². The van der Waals surface area contributed by atoms with Crippen molar-refractivity contribution in [3.05, 3.63) is 22.2 Å². The van der Waals surface area contributed by atoms with Gasteiger partial charge in [-0.1, -0.05) is 13.3 Å². The van der Waals surface area contributed by atoms with Crippen LogP contribution in [0.2, 0.25) is 0 Å². The third-order valence-electron chi connectivity index (χ3n) is 1.89. The lowest BCUT2D eigenvalue weighted by Crippen LogP contribution is -2.03. The van der Waals surface area contributed by atoms with Gasteiger partial charge in [0.05, 0.1) is 16.8 Å². The molecule has 0 aliphatic rings. The number of rotatable bonds is 4. The molecule has 0 spiro atoms. The normalized spacial score (nSPS) is 10.4. The van der Waals surface area contributed by atoms with Gasteiger partial charge in [0.25, 0.3) is 0 Å². The maximum absolute atomic E-state index is 13.5. The maximum Gasteiger partial charge on any atom is 0.192 e. The van der Waals surface area contributed by atoms with Crippen molar-refractivity contribution < 1.29 is 13.5 Å². The molecule has 0 saturated carbocycles. The Morgan fingerprint density at radius 2 is 2.13 bits per heavy atom. The second-order valence-corrected chi connectivity index (χ2v) is 3.90. The van der Waals surface area contributed by atoms with E-state index in [0.717, 1.165) is 18.9 Å². The van der Waals surface area contributed by atoms with Gasteiger partial charge in [0.2, 0.25) is 0 Å². The molecule has 1 rings (SSSR count).